The minimum atomic E-state index is -4.67. The Morgan fingerprint density at radius 3 is 2.43 bits per heavy atom. The molecule has 15 heteroatoms. The van der Waals surface area contributed by atoms with E-state index in [1.54, 1.807) is 20.2 Å². The van der Waals surface area contributed by atoms with Crippen LogP contribution in [0.4, 0.5) is 36.6 Å². The van der Waals surface area contributed by atoms with Gasteiger partial charge in [0.15, 0.2) is 29.6 Å². The van der Waals surface area contributed by atoms with Crippen molar-refractivity contribution in [2.75, 3.05) is 18.4 Å². The fourth-order valence-corrected chi connectivity index (χ4v) is 3.59. The summed E-state index contributed by atoms with van der Waals surface area (Å²) in [6.07, 6.45) is -0.128. The van der Waals surface area contributed by atoms with Crippen LogP contribution in [-0.2, 0) is 13.2 Å². The Balaban J connectivity index is 0.000000220. The van der Waals surface area contributed by atoms with Crippen molar-refractivity contribution in [3.63, 3.8) is 0 Å². The van der Waals surface area contributed by atoms with Gasteiger partial charge in [0.25, 0.3) is 5.92 Å². The van der Waals surface area contributed by atoms with Crippen molar-refractivity contribution in [2.45, 2.75) is 31.5 Å². The molecule has 1 aliphatic rings. The van der Waals surface area contributed by atoms with Crippen LogP contribution in [0.15, 0.2) is 30.9 Å². The van der Waals surface area contributed by atoms with Crippen molar-refractivity contribution < 1.29 is 35.5 Å². The number of hydrogen-bond donors (Lipinski definition) is 2. The lowest BCUT2D eigenvalue weighted by Gasteiger charge is -2.35. The topological polar surface area (TPSA) is 97.6 Å². The van der Waals surface area contributed by atoms with Gasteiger partial charge in [-0.2, -0.15) is 18.3 Å². The molecule has 0 radical (unpaired) electrons. The summed E-state index contributed by atoms with van der Waals surface area (Å²) in [4.78, 5) is 21.6. The fourth-order valence-electron chi connectivity index (χ4n) is 3.59. The van der Waals surface area contributed by atoms with E-state index in [9.17, 15) is 35.5 Å². The third kappa shape index (κ3) is 7.44. The summed E-state index contributed by atoms with van der Waals surface area (Å²) in [6.45, 7) is 1.24. The average molecular weight is 533 g/mol. The number of rotatable bonds is 5. The van der Waals surface area contributed by atoms with Crippen LogP contribution >= 0.6 is 0 Å². The Morgan fingerprint density at radius 1 is 1.19 bits per heavy atom. The van der Waals surface area contributed by atoms with Gasteiger partial charge in [0, 0.05) is 38.4 Å². The highest BCUT2D eigenvalue weighted by Crippen LogP contribution is 2.31. The van der Waals surface area contributed by atoms with Crippen molar-refractivity contribution in [3.05, 3.63) is 53.7 Å². The SMILES string of the molecule is C[C@@H]1CC(F)(F)CN[C@@H]1CNc1ncc(C(F)(F)F)cc1F.Cn1cc(-c2ncc(F)cn2)c(C=O)n1. The molecular weight excluding hydrogens is 511 g/mol. The Morgan fingerprint density at radius 2 is 1.86 bits per heavy atom. The summed E-state index contributed by atoms with van der Waals surface area (Å²) in [6, 6.07) is 0.00409. The molecule has 0 aromatic carbocycles. The molecule has 200 valence electrons. The first-order chi connectivity index (χ1) is 17.3. The predicted molar refractivity (Wildman–Crippen MR) is 118 cm³/mol. The molecule has 2 atom stereocenters. The molecule has 0 bridgehead atoms. The number of halogens is 7. The fraction of sp³-hybridized carbons (Fsp3) is 0.409. The standard InChI is InChI=1S/C13H15F6N3.C9H7FN4O/c1-7-3-12(15,16)6-22-10(7)5-21-11-9(14)2-8(4-20-11)13(17,18)19;1-14-4-7(8(5-15)13-14)9-11-2-6(10)3-12-9/h2,4,7,10,22H,3,5-6H2,1H3,(H,20,21);2-5H,1H3/t7-,10-;/m1./s1. The van der Waals surface area contributed by atoms with Crippen molar-refractivity contribution in [1.29, 1.82) is 0 Å². The minimum Gasteiger partial charge on any atom is -0.366 e. The molecule has 0 saturated carbocycles. The monoisotopic (exact) mass is 533 g/mol. The first kappa shape index (κ1) is 28.0. The van der Waals surface area contributed by atoms with Crippen LogP contribution in [0.25, 0.3) is 11.4 Å². The van der Waals surface area contributed by atoms with Gasteiger partial charge in [-0.1, -0.05) is 6.92 Å². The highest BCUT2D eigenvalue weighted by Gasteiger charge is 2.39. The zero-order valence-corrected chi connectivity index (χ0v) is 19.5. The second-order valence-corrected chi connectivity index (χ2v) is 8.40. The quantitative estimate of drug-likeness (QED) is 0.376. The van der Waals surface area contributed by atoms with Gasteiger partial charge in [0.1, 0.15) is 5.69 Å². The van der Waals surface area contributed by atoms with Crippen LogP contribution in [0.5, 0.6) is 0 Å². The molecular formula is C22H22F7N7O. The van der Waals surface area contributed by atoms with E-state index in [1.807, 2.05) is 0 Å². The summed E-state index contributed by atoms with van der Waals surface area (Å²) >= 11 is 0. The van der Waals surface area contributed by atoms with E-state index >= 15 is 0 Å². The Kier molecular flexibility index (Phi) is 8.46. The van der Waals surface area contributed by atoms with E-state index in [1.165, 1.54) is 4.68 Å². The maximum atomic E-state index is 13.6. The second kappa shape index (κ2) is 11.2. The van der Waals surface area contributed by atoms with Gasteiger partial charge in [-0.3, -0.25) is 9.48 Å². The molecule has 1 aliphatic heterocycles. The first-order valence-corrected chi connectivity index (χ1v) is 10.8. The zero-order chi connectivity index (χ0) is 27.4. The van der Waals surface area contributed by atoms with Crippen molar-refractivity contribution >= 4 is 12.1 Å². The van der Waals surface area contributed by atoms with Crippen LogP contribution < -0.4 is 10.6 Å². The number of carbonyl (C=O) groups is 1. The maximum absolute atomic E-state index is 13.6. The Bertz CT molecular complexity index is 1220. The third-order valence-corrected chi connectivity index (χ3v) is 5.42. The number of nitrogens with zero attached hydrogens (tertiary/aromatic N) is 5. The van der Waals surface area contributed by atoms with Crippen LogP contribution in [0.3, 0.4) is 0 Å². The smallest absolute Gasteiger partial charge is 0.366 e. The van der Waals surface area contributed by atoms with E-state index < -0.39 is 35.8 Å². The number of anilines is 1. The van der Waals surface area contributed by atoms with Crippen molar-refractivity contribution in [2.24, 2.45) is 13.0 Å². The average Bonchev–Trinajstić information content (AvgIpc) is 3.20. The highest BCUT2D eigenvalue weighted by atomic mass is 19.4. The van der Waals surface area contributed by atoms with Gasteiger partial charge in [0.2, 0.25) is 0 Å². The van der Waals surface area contributed by atoms with Gasteiger partial charge in [0.05, 0.1) is 30.1 Å². The van der Waals surface area contributed by atoms with E-state index in [-0.39, 0.29) is 42.3 Å². The molecule has 0 amide bonds. The second-order valence-electron chi connectivity index (χ2n) is 8.40. The maximum Gasteiger partial charge on any atom is 0.417 e. The summed E-state index contributed by atoms with van der Waals surface area (Å²) in [5.41, 5.74) is -0.448. The van der Waals surface area contributed by atoms with Crippen molar-refractivity contribution in [1.82, 2.24) is 30.0 Å². The van der Waals surface area contributed by atoms with E-state index in [0.29, 0.717) is 24.1 Å². The Hall–Kier alpha value is -3.62. The zero-order valence-electron chi connectivity index (χ0n) is 19.5. The number of carbonyl (C=O) groups excluding carboxylic acids is 1. The molecule has 4 rings (SSSR count). The van der Waals surface area contributed by atoms with Gasteiger partial charge in [-0.25, -0.2) is 32.5 Å². The van der Waals surface area contributed by atoms with Crippen LogP contribution in [0.1, 0.15) is 29.4 Å². The molecule has 3 aromatic heterocycles. The number of alkyl halides is 5. The number of nitrogens with one attached hydrogen (secondary N) is 2. The van der Waals surface area contributed by atoms with Gasteiger partial charge >= 0.3 is 6.18 Å². The lowest BCUT2D eigenvalue weighted by molar-refractivity contribution is -0.138. The van der Waals surface area contributed by atoms with Crippen LogP contribution in [0.2, 0.25) is 0 Å². The van der Waals surface area contributed by atoms with Crippen molar-refractivity contribution in [3.8, 4) is 11.4 Å². The van der Waals surface area contributed by atoms with E-state index in [0.717, 1.165) is 12.4 Å². The van der Waals surface area contributed by atoms with E-state index in [4.69, 9.17) is 0 Å². The lowest BCUT2D eigenvalue weighted by atomic mass is 9.90. The first-order valence-electron chi connectivity index (χ1n) is 10.8. The number of hydrogen-bond acceptors (Lipinski definition) is 7. The van der Waals surface area contributed by atoms with Gasteiger partial charge < -0.3 is 10.6 Å². The van der Waals surface area contributed by atoms with E-state index in [2.05, 4.69) is 30.7 Å². The molecule has 0 spiro atoms. The highest BCUT2D eigenvalue weighted by molar-refractivity contribution is 5.82. The number of piperidine rings is 1. The molecule has 2 N–H and O–H groups in total. The Labute approximate surface area is 206 Å². The summed E-state index contributed by atoms with van der Waals surface area (Å²) in [7, 11) is 1.68. The minimum absolute atomic E-state index is 0.0898. The molecule has 4 heterocycles. The third-order valence-electron chi connectivity index (χ3n) is 5.42. The van der Waals surface area contributed by atoms with Crippen LogP contribution in [0, 0.1) is 17.6 Å². The number of aryl methyl sites for hydroxylation is 1. The number of pyridine rings is 1. The number of aldehydes is 1. The largest absolute Gasteiger partial charge is 0.417 e. The number of aromatic nitrogens is 5. The molecule has 1 saturated heterocycles. The normalized spacial score (nSPS) is 19.1. The lowest BCUT2D eigenvalue weighted by Crippen LogP contribution is -2.52. The molecule has 8 nitrogen and oxygen atoms in total. The van der Waals surface area contributed by atoms with Crippen LogP contribution in [-0.4, -0.2) is 56.1 Å². The summed E-state index contributed by atoms with van der Waals surface area (Å²) < 4.78 is 91.1. The summed E-state index contributed by atoms with van der Waals surface area (Å²) in [5.74, 6) is -4.85. The van der Waals surface area contributed by atoms with Gasteiger partial charge in [-0.15, -0.1) is 0 Å². The summed E-state index contributed by atoms with van der Waals surface area (Å²) in [5, 5.41) is 9.10. The molecule has 3 aromatic rings. The predicted octanol–water partition coefficient (Wildman–Crippen LogP) is 4.11. The van der Waals surface area contributed by atoms with Gasteiger partial charge in [-0.05, 0) is 12.0 Å². The molecule has 1 fully saturated rings. The molecule has 37 heavy (non-hydrogen) atoms. The molecule has 0 unspecified atom stereocenters. The molecule has 0 aliphatic carbocycles.